The fourth-order valence-electron chi connectivity index (χ4n) is 1.61. The second-order valence-corrected chi connectivity index (χ2v) is 4.59. The van der Waals surface area contributed by atoms with Gasteiger partial charge in [0.25, 0.3) is 0 Å². The number of hydrogen-bond acceptors (Lipinski definition) is 3. The molecule has 0 spiro atoms. The highest BCUT2D eigenvalue weighted by atomic mass is 16.3. The van der Waals surface area contributed by atoms with Crippen LogP contribution in [0.2, 0.25) is 0 Å². The summed E-state index contributed by atoms with van der Waals surface area (Å²) in [6, 6.07) is 10.1. The summed E-state index contributed by atoms with van der Waals surface area (Å²) in [5, 5.41) is 12.9. The zero-order valence-electron chi connectivity index (χ0n) is 10.4. The summed E-state index contributed by atoms with van der Waals surface area (Å²) >= 11 is 0. The Morgan fingerprint density at radius 3 is 2.38 bits per heavy atom. The van der Waals surface area contributed by atoms with Crippen LogP contribution in [0, 0.1) is 0 Å². The van der Waals surface area contributed by atoms with Crippen LogP contribution < -0.4 is 5.32 Å². The highest BCUT2D eigenvalue weighted by molar-refractivity contribution is 5.23. The molecule has 0 saturated heterocycles. The number of rotatable bonds is 6. The standard InChI is InChI=1S/C13H22N2O/c1-13(11-16,14-9-10-15(2)3)12-7-5-4-6-8-12/h4-8,14,16H,9-11H2,1-3H3. The van der Waals surface area contributed by atoms with Crippen molar-refractivity contribution < 1.29 is 5.11 Å². The zero-order valence-corrected chi connectivity index (χ0v) is 10.4. The van der Waals surface area contributed by atoms with Crippen molar-refractivity contribution in [1.82, 2.24) is 10.2 Å². The van der Waals surface area contributed by atoms with Gasteiger partial charge in [-0.15, -0.1) is 0 Å². The number of aliphatic hydroxyl groups excluding tert-OH is 1. The van der Waals surface area contributed by atoms with Crippen molar-refractivity contribution in [3.8, 4) is 0 Å². The van der Waals surface area contributed by atoms with Crippen molar-refractivity contribution >= 4 is 0 Å². The molecule has 0 amide bonds. The molecule has 1 aromatic carbocycles. The Balaban J connectivity index is 2.63. The van der Waals surface area contributed by atoms with Crippen LogP contribution in [0.5, 0.6) is 0 Å². The van der Waals surface area contributed by atoms with Crippen LogP contribution in [0.4, 0.5) is 0 Å². The molecule has 2 N–H and O–H groups in total. The molecular weight excluding hydrogens is 200 g/mol. The van der Waals surface area contributed by atoms with Crippen molar-refractivity contribution in [3.05, 3.63) is 35.9 Å². The molecule has 1 rings (SSSR count). The molecule has 0 aliphatic heterocycles. The van der Waals surface area contributed by atoms with Gasteiger partial charge in [0.05, 0.1) is 12.1 Å². The minimum Gasteiger partial charge on any atom is -0.394 e. The molecule has 1 atom stereocenters. The molecule has 0 aliphatic carbocycles. The summed E-state index contributed by atoms with van der Waals surface area (Å²) in [5.41, 5.74) is 0.772. The smallest absolute Gasteiger partial charge is 0.0652 e. The van der Waals surface area contributed by atoms with Crippen LogP contribution in [-0.2, 0) is 5.54 Å². The summed E-state index contributed by atoms with van der Waals surface area (Å²) in [4.78, 5) is 2.12. The van der Waals surface area contributed by atoms with Gasteiger partial charge in [-0.3, -0.25) is 0 Å². The van der Waals surface area contributed by atoms with Gasteiger partial charge in [0.15, 0.2) is 0 Å². The SMILES string of the molecule is CN(C)CCNC(C)(CO)c1ccccc1. The first-order chi connectivity index (χ1) is 7.58. The predicted molar refractivity (Wildman–Crippen MR) is 67.4 cm³/mol. The van der Waals surface area contributed by atoms with E-state index in [1.807, 2.05) is 51.4 Å². The van der Waals surface area contributed by atoms with Gasteiger partial charge in [-0.25, -0.2) is 0 Å². The lowest BCUT2D eigenvalue weighted by molar-refractivity contribution is 0.172. The monoisotopic (exact) mass is 222 g/mol. The molecule has 16 heavy (non-hydrogen) atoms. The first-order valence-electron chi connectivity index (χ1n) is 5.64. The van der Waals surface area contributed by atoms with Crippen LogP contribution in [0.25, 0.3) is 0 Å². The van der Waals surface area contributed by atoms with E-state index in [9.17, 15) is 5.11 Å². The van der Waals surface area contributed by atoms with Gasteiger partial charge in [0.2, 0.25) is 0 Å². The number of nitrogens with one attached hydrogen (secondary N) is 1. The van der Waals surface area contributed by atoms with Crippen molar-refractivity contribution in [3.63, 3.8) is 0 Å². The molecule has 1 aromatic rings. The predicted octanol–water partition coefficient (Wildman–Crippen LogP) is 1.05. The van der Waals surface area contributed by atoms with E-state index in [2.05, 4.69) is 10.2 Å². The third-order valence-corrected chi connectivity index (χ3v) is 2.80. The van der Waals surface area contributed by atoms with Crippen molar-refractivity contribution in [2.45, 2.75) is 12.5 Å². The lowest BCUT2D eigenvalue weighted by Gasteiger charge is -2.30. The van der Waals surface area contributed by atoms with Crippen LogP contribution >= 0.6 is 0 Å². The van der Waals surface area contributed by atoms with Crippen molar-refractivity contribution in [2.75, 3.05) is 33.8 Å². The molecule has 0 aliphatic rings. The van der Waals surface area contributed by atoms with Crippen LogP contribution in [0.3, 0.4) is 0 Å². The molecular formula is C13H22N2O. The molecule has 0 bridgehead atoms. The Morgan fingerprint density at radius 1 is 1.25 bits per heavy atom. The highest BCUT2D eigenvalue weighted by Gasteiger charge is 2.24. The summed E-state index contributed by atoms with van der Waals surface area (Å²) in [6.07, 6.45) is 0. The molecule has 0 radical (unpaired) electrons. The van der Waals surface area contributed by atoms with Crippen LogP contribution in [0.15, 0.2) is 30.3 Å². The van der Waals surface area contributed by atoms with Crippen LogP contribution in [-0.4, -0.2) is 43.8 Å². The summed E-state index contributed by atoms with van der Waals surface area (Å²) in [7, 11) is 4.08. The minimum atomic E-state index is -0.350. The third-order valence-electron chi connectivity index (χ3n) is 2.80. The molecule has 0 aromatic heterocycles. The normalized spacial score (nSPS) is 15.1. The van der Waals surface area contributed by atoms with E-state index in [-0.39, 0.29) is 12.1 Å². The third kappa shape index (κ3) is 3.59. The fraction of sp³-hybridized carbons (Fsp3) is 0.538. The molecule has 0 saturated carbocycles. The van der Waals surface area contributed by atoms with Gasteiger partial charge in [0.1, 0.15) is 0 Å². The average Bonchev–Trinajstić information content (AvgIpc) is 2.29. The zero-order chi connectivity index (χ0) is 12.0. The van der Waals surface area contributed by atoms with Gasteiger partial charge in [-0.1, -0.05) is 30.3 Å². The number of benzene rings is 1. The second-order valence-electron chi connectivity index (χ2n) is 4.59. The number of likely N-dealkylation sites (N-methyl/N-ethyl adjacent to an activating group) is 1. The summed E-state index contributed by atoms with van der Waals surface area (Å²) < 4.78 is 0. The maximum atomic E-state index is 9.53. The van der Waals surface area contributed by atoms with Gasteiger partial charge in [0, 0.05) is 13.1 Å². The average molecular weight is 222 g/mol. The molecule has 0 heterocycles. The first kappa shape index (κ1) is 13.2. The number of nitrogens with zero attached hydrogens (tertiary/aromatic N) is 1. The van der Waals surface area contributed by atoms with Gasteiger partial charge >= 0.3 is 0 Å². The van der Waals surface area contributed by atoms with E-state index in [0.717, 1.165) is 18.7 Å². The fourth-order valence-corrected chi connectivity index (χ4v) is 1.61. The van der Waals surface area contributed by atoms with E-state index in [1.54, 1.807) is 0 Å². The Morgan fingerprint density at radius 2 is 1.88 bits per heavy atom. The van der Waals surface area contributed by atoms with Crippen molar-refractivity contribution in [1.29, 1.82) is 0 Å². The lowest BCUT2D eigenvalue weighted by Crippen LogP contribution is -2.45. The van der Waals surface area contributed by atoms with Gasteiger partial charge in [-0.2, -0.15) is 0 Å². The molecule has 1 unspecified atom stereocenters. The highest BCUT2D eigenvalue weighted by Crippen LogP contribution is 2.19. The molecule has 3 heteroatoms. The number of hydrogen-bond donors (Lipinski definition) is 2. The van der Waals surface area contributed by atoms with Crippen LogP contribution in [0.1, 0.15) is 12.5 Å². The number of aliphatic hydroxyl groups is 1. The quantitative estimate of drug-likeness (QED) is 0.755. The first-order valence-corrected chi connectivity index (χ1v) is 5.64. The molecule has 0 fully saturated rings. The Kier molecular flexibility index (Phi) is 4.93. The largest absolute Gasteiger partial charge is 0.394 e. The Hall–Kier alpha value is -0.900. The van der Waals surface area contributed by atoms with Crippen molar-refractivity contribution in [2.24, 2.45) is 0 Å². The minimum absolute atomic E-state index is 0.102. The molecule has 3 nitrogen and oxygen atoms in total. The summed E-state index contributed by atoms with van der Waals surface area (Å²) in [5.74, 6) is 0. The van der Waals surface area contributed by atoms with E-state index in [1.165, 1.54) is 0 Å². The van der Waals surface area contributed by atoms with E-state index < -0.39 is 0 Å². The van der Waals surface area contributed by atoms with E-state index in [4.69, 9.17) is 0 Å². The van der Waals surface area contributed by atoms with E-state index >= 15 is 0 Å². The Bertz CT molecular complexity index is 300. The molecule has 90 valence electrons. The maximum absolute atomic E-state index is 9.53. The van der Waals surface area contributed by atoms with E-state index in [0.29, 0.717) is 0 Å². The lowest BCUT2D eigenvalue weighted by atomic mass is 9.93. The summed E-state index contributed by atoms with van der Waals surface area (Å²) in [6.45, 7) is 3.95. The van der Waals surface area contributed by atoms with Gasteiger partial charge < -0.3 is 15.3 Å². The second kappa shape index (κ2) is 5.99. The van der Waals surface area contributed by atoms with Gasteiger partial charge in [-0.05, 0) is 26.6 Å². The Labute approximate surface area is 98.1 Å². The maximum Gasteiger partial charge on any atom is 0.0652 e. The topological polar surface area (TPSA) is 35.5 Å².